The minimum Gasteiger partial charge on any atom is -0.465 e. The van der Waals surface area contributed by atoms with Crippen molar-refractivity contribution in [3.63, 3.8) is 0 Å². The Kier molecular flexibility index (Phi) is 11.8. The molecule has 15 heteroatoms. The van der Waals surface area contributed by atoms with Crippen molar-refractivity contribution in [2.24, 2.45) is 0 Å². The van der Waals surface area contributed by atoms with E-state index in [1.807, 2.05) is 49.6 Å². The lowest BCUT2D eigenvalue weighted by molar-refractivity contribution is -0.137. The Morgan fingerprint density at radius 1 is 1.06 bits per heavy atom. The molecule has 5 amide bonds. The third-order valence-corrected chi connectivity index (χ3v) is 8.78. The minimum absolute atomic E-state index is 0.0985. The number of hydrogen-bond acceptors (Lipinski definition) is 9. The maximum absolute atomic E-state index is 13.4. The summed E-state index contributed by atoms with van der Waals surface area (Å²) in [5, 5.41) is 16.2. The Hall–Kier alpha value is -4.89. The molecule has 2 aliphatic heterocycles. The van der Waals surface area contributed by atoms with E-state index in [2.05, 4.69) is 10.6 Å². The smallest absolute Gasteiger partial charge is 0.407 e. The predicted molar refractivity (Wildman–Crippen MR) is 184 cm³/mol. The van der Waals surface area contributed by atoms with Crippen LogP contribution in [0.5, 0.6) is 0 Å². The van der Waals surface area contributed by atoms with Gasteiger partial charge in [0.25, 0.3) is 11.8 Å². The standard InChI is InChI=1S/C35H45N7O8/c1-4-49-21-26-38-30-31(23-11-7-8-12-24(23)37-32(30)39-33(46)25-13-10-19-40(25)34(47)48)42(26)22-35(2,3)50-20-17-36-27(43)14-6-5-9-18-41-28(44)15-16-29(41)45/h7-8,11-12,15-16,25H,4-6,9-10,13-14,17-22H2,1-3H3,(H,36,43)(H,47,48)(H,37,39,46)/t25-/m0/s1. The van der Waals surface area contributed by atoms with Gasteiger partial charge in [0.2, 0.25) is 11.8 Å². The quantitative estimate of drug-likeness (QED) is 0.140. The van der Waals surface area contributed by atoms with Crippen molar-refractivity contribution in [3.8, 4) is 0 Å². The molecule has 1 saturated heterocycles. The lowest BCUT2D eigenvalue weighted by Gasteiger charge is -2.27. The molecule has 15 nitrogen and oxygen atoms in total. The molecule has 3 N–H and O–H groups in total. The highest BCUT2D eigenvalue weighted by Gasteiger charge is 2.35. The van der Waals surface area contributed by atoms with Crippen LogP contribution in [0.1, 0.15) is 65.1 Å². The summed E-state index contributed by atoms with van der Waals surface area (Å²) in [6.07, 6.45) is 4.76. The number of unbranched alkanes of at least 4 members (excludes halogenated alkanes) is 2. The monoisotopic (exact) mass is 691 g/mol. The van der Waals surface area contributed by atoms with Crippen molar-refractivity contribution in [2.45, 2.75) is 84.1 Å². The number of anilines is 1. The molecule has 4 heterocycles. The zero-order valence-electron chi connectivity index (χ0n) is 28.8. The number of imidazole rings is 1. The Labute approximate surface area is 290 Å². The lowest BCUT2D eigenvalue weighted by Crippen LogP contribution is -2.42. The number of fused-ring (bicyclic) bond motifs is 3. The molecule has 268 valence electrons. The van der Waals surface area contributed by atoms with E-state index in [4.69, 9.17) is 19.4 Å². The van der Waals surface area contributed by atoms with E-state index in [0.29, 0.717) is 88.2 Å². The van der Waals surface area contributed by atoms with Gasteiger partial charge in [0.15, 0.2) is 5.82 Å². The number of aromatic nitrogens is 3. The number of ether oxygens (including phenoxy) is 2. The zero-order valence-corrected chi connectivity index (χ0v) is 28.8. The summed E-state index contributed by atoms with van der Waals surface area (Å²) in [5.74, 6) is -0.281. The fourth-order valence-electron chi connectivity index (χ4n) is 6.33. The van der Waals surface area contributed by atoms with Crippen LogP contribution in [-0.2, 0) is 41.8 Å². The minimum atomic E-state index is -1.13. The molecule has 5 rings (SSSR count). The molecule has 1 fully saturated rings. The largest absolute Gasteiger partial charge is 0.465 e. The summed E-state index contributed by atoms with van der Waals surface area (Å²) in [7, 11) is 0. The molecule has 1 atom stereocenters. The second-order valence-electron chi connectivity index (χ2n) is 13.0. The van der Waals surface area contributed by atoms with E-state index < -0.39 is 23.6 Å². The van der Waals surface area contributed by atoms with Crippen LogP contribution in [0.3, 0.4) is 0 Å². The molecule has 3 aromatic rings. The number of carbonyl (C=O) groups is 5. The lowest BCUT2D eigenvalue weighted by atomic mass is 10.1. The van der Waals surface area contributed by atoms with E-state index in [0.717, 1.165) is 15.8 Å². The summed E-state index contributed by atoms with van der Waals surface area (Å²) < 4.78 is 14.1. The third kappa shape index (κ3) is 8.63. The topological polar surface area (TPSA) is 185 Å². The van der Waals surface area contributed by atoms with Crippen LogP contribution in [0.2, 0.25) is 0 Å². The number of benzene rings is 1. The summed E-state index contributed by atoms with van der Waals surface area (Å²) in [6, 6.07) is 6.73. The highest BCUT2D eigenvalue weighted by molar-refractivity contribution is 6.13. The number of amides is 5. The maximum atomic E-state index is 13.4. The predicted octanol–water partition coefficient (Wildman–Crippen LogP) is 3.60. The van der Waals surface area contributed by atoms with Gasteiger partial charge in [-0.3, -0.25) is 29.0 Å². The molecular formula is C35H45N7O8. The highest BCUT2D eigenvalue weighted by atomic mass is 16.5. The SMILES string of the molecule is CCOCc1nc2c(NC(=O)[C@@H]3CCCN3C(=O)O)nc3ccccc3c2n1CC(C)(C)OCCNC(=O)CCCCCN1C(=O)C=CC1=O. The molecule has 0 bridgehead atoms. The number of carbonyl (C=O) groups excluding carboxylic acids is 4. The average Bonchev–Trinajstić information content (AvgIpc) is 3.80. The Bertz CT molecular complexity index is 1770. The number of para-hydroxylation sites is 1. The van der Waals surface area contributed by atoms with Crippen molar-refractivity contribution in [3.05, 3.63) is 42.2 Å². The molecule has 0 unspecified atom stereocenters. The molecular weight excluding hydrogens is 646 g/mol. The Balaban J connectivity index is 1.24. The van der Waals surface area contributed by atoms with Crippen molar-refractivity contribution in [1.29, 1.82) is 0 Å². The van der Waals surface area contributed by atoms with Crippen LogP contribution in [0.15, 0.2) is 36.4 Å². The molecule has 1 aromatic carbocycles. The number of rotatable bonds is 17. The molecule has 0 saturated carbocycles. The fraction of sp³-hybridized carbons (Fsp3) is 0.514. The maximum Gasteiger partial charge on any atom is 0.407 e. The number of carboxylic acid groups (broad SMARTS) is 1. The van der Waals surface area contributed by atoms with Gasteiger partial charge in [-0.15, -0.1) is 0 Å². The normalized spacial score (nSPS) is 16.3. The van der Waals surface area contributed by atoms with E-state index in [-0.39, 0.29) is 36.8 Å². The van der Waals surface area contributed by atoms with Crippen molar-refractivity contribution in [2.75, 3.05) is 38.2 Å². The van der Waals surface area contributed by atoms with Crippen LogP contribution in [0, 0.1) is 0 Å². The number of likely N-dealkylation sites (tertiary alicyclic amines) is 1. The number of nitrogens with zero attached hydrogens (tertiary/aromatic N) is 5. The van der Waals surface area contributed by atoms with Gasteiger partial charge in [0.05, 0.1) is 29.8 Å². The number of pyridine rings is 1. The van der Waals surface area contributed by atoms with Crippen molar-refractivity contribution < 1.29 is 38.6 Å². The van der Waals surface area contributed by atoms with Crippen LogP contribution in [0.25, 0.3) is 21.9 Å². The van der Waals surface area contributed by atoms with Crippen LogP contribution < -0.4 is 10.6 Å². The van der Waals surface area contributed by atoms with Gasteiger partial charge in [-0.05, 0) is 52.5 Å². The van der Waals surface area contributed by atoms with E-state index >= 15 is 0 Å². The van der Waals surface area contributed by atoms with E-state index in [1.54, 1.807) is 0 Å². The first kappa shape index (κ1) is 36.4. The second kappa shape index (κ2) is 16.2. The Morgan fingerprint density at radius 2 is 1.82 bits per heavy atom. The van der Waals surface area contributed by atoms with Gasteiger partial charge in [0, 0.05) is 50.2 Å². The summed E-state index contributed by atoms with van der Waals surface area (Å²) in [6.45, 7) is 8.06. The van der Waals surface area contributed by atoms with Crippen molar-refractivity contribution >= 4 is 57.5 Å². The van der Waals surface area contributed by atoms with Crippen molar-refractivity contribution in [1.82, 2.24) is 29.7 Å². The first-order valence-corrected chi connectivity index (χ1v) is 17.1. The first-order chi connectivity index (χ1) is 24.0. The molecule has 50 heavy (non-hydrogen) atoms. The molecule has 0 aliphatic carbocycles. The number of nitrogens with one attached hydrogen (secondary N) is 2. The van der Waals surface area contributed by atoms with Gasteiger partial charge in [0.1, 0.15) is 24.0 Å². The summed E-state index contributed by atoms with van der Waals surface area (Å²) in [5.41, 5.74) is 1.13. The van der Waals surface area contributed by atoms with Crippen LogP contribution in [-0.4, -0.2) is 104 Å². The highest BCUT2D eigenvalue weighted by Crippen LogP contribution is 2.32. The van der Waals surface area contributed by atoms with Gasteiger partial charge in [-0.1, -0.05) is 24.6 Å². The summed E-state index contributed by atoms with van der Waals surface area (Å²) >= 11 is 0. The summed E-state index contributed by atoms with van der Waals surface area (Å²) in [4.78, 5) is 72.8. The molecule has 0 spiro atoms. The fourth-order valence-corrected chi connectivity index (χ4v) is 6.33. The third-order valence-electron chi connectivity index (χ3n) is 8.78. The van der Waals surface area contributed by atoms with Gasteiger partial charge < -0.3 is 29.8 Å². The molecule has 0 radical (unpaired) electrons. The Morgan fingerprint density at radius 3 is 2.56 bits per heavy atom. The van der Waals surface area contributed by atoms with Gasteiger partial charge in [-0.2, -0.15) is 0 Å². The van der Waals surface area contributed by atoms with E-state index in [9.17, 15) is 29.1 Å². The van der Waals surface area contributed by atoms with Gasteiger partial charge in [-0.25, -0.2) is 14.8 Å². The first-order valence-electron chi connectivity index (χ1n) is 17.1. The number of imide groups is 1. The van der Waals surface area contributed by atoms with Crippen LogP contribution >= 0.6 is 0 Å². The second-order valence-corrected chi connectivity index (χ2v) is 13.0. The zero-order chi connectivity index (χ0) is 35.8. The average molecular weight is 692 g/mol. The van der Waals surface area contributed by atoms with Gasteiger partial charge >= 0.3 is 6.09 Å². The van der Waals surface area contributed by atoms with E-state index in [1.165, 1.54) is 17.1 Å². The molecule has 2 aromatic heterocycles. The number of hydrogen-bond donors (Lipinski definition) is 3. The molecule has 2 aliphatic rings. The van der Waals surface area contributed by atoms with Crippen LogP contribution in [0.4, 0.5) is 10.6 Å².